The molecule has 0 bridgehead atoms. The van der Waals surface area contributed by atoms with E-state index in [0.29, 0.717) is 12.2 Å². The second kappa shape index (κ2) is 6.47. The minimum absolute atomic E-state index is 0.0233. The van der Waals surface area contributed by atoms with Crippen molar-refractivity contribution in [3.05, 3.63) is 35.7 Å². The van der Waals surface area contributed by atoms with Crippen LogP contribution in [0.2, 0.25) is 0 Å². The van der Waals surface area contributed by atoms with Gasteiger partial charge in [-0.05, 0) is 32.9 Å². The van der Waals surface area contributed by atoms with Crippen LogP contribution in [0.4, 0.5) is 19.3 Å². The van der Waals surface area contributed by atoms with Gasteiger partial charge in [-0.1, -0.05) is 0 Å². The smallest absolute Gasteiger partial charge is 0.410 e. The number of amides is 1. The molecule has 9 heteroatoms. The van der Waals surface area contributed by atoms with Gasteiger partial charge in [0.05, 0.1) is 36.4 Å². The second-order valence-electron chi connectivity index (χ2n) is 6.91. The first-order chi connectivity index (χ1) is 12.4. The molecule has 26 heavy (non-hydrogen) atoms. The van der Waals surface area contributed by atoms with Crippen LogP contribution in [-0.2, 0) is 17.8 Å². The third-order valence-electron chi connectivity index (χ3n) is 3.74. The largest absolute Gasteiger partial charge is 0.444 e. The van der Waals surface area contributed by atoms with Gasteiger partial charge in [0.25, 0.3) is 0 Å². The normalized spacial score (nSPS) is 14.8. The molecule has 0 unspecified atom stereocenters. The zero-order valence-electron chi connectivity index (χ0n) is 15.6. The van der Waals surface area contributed by atoms with Crippen LogP contribution in [0.5, 0.6) is 5.75 Å². The predicted molar refractivity (Wildman–Crippen MR) is 90.1 cm³/mol. The Kier molecular flexibility index (Phi) is 4.14. The lowest BCUT2D eigenvalue weighted by molar-refractivity contribution is -0.0493. The summed E-state index contributed by atoms with van der Waals surface area (Å²) in [6.07, 6.45) is 1.16. The first-order valence-corrected chi connectivity index (χ1v) is 7.93. The summed E-state index contributed by atoms with van der Waals surface area (Å²) in [6.45, 7) is 1.86. The summed E-state index contributed by atoms with van der Waals surface area (Å²) in [6, 6.07) is 4.26. The molecule has 1 aliphatic rings. The molecule has 1 aliphatic heterocycles. The number of nitrogens with two attached hydrogens (primary N) is 1. The van der Waals surface area contributed by atoms with Crippen LogP contribution in [-0.4, -0.2) is 33.0 Å². The molecule has 0 atom stereocenters. The van der Waals surface area contributed by atoms with E-state index in [4.69, 9.17) is 11.8 Å². The number of carbonyl (C=O) groups is 1. The van der Waals surface area contributed by atoms with Gasteiger partial charge in [0.1, 0.15) is 5.60 Å². The molecule has 0 spiro atoms. The van der Waals surface area contributed by atoms with Crippen molar-refractivity contribution in [1.82, 2.24) is 14.7 Å². The van der Waals surface area contributed by atoms with Crippen molar-refractivity contribution in [2.45, 2.75) is 46.0 Å². The van der Waals surface area contributed by atoms with Crippen LogP contribution in [0.25, 0.3) is 5.69 Å². The van der Waals surface area contributed by atoms with Gasteiger partial charge in [-0.2, -0.15) is 13.9 Å². The number of fused-ring (bicyclic) bond motifs is 1. The highest BCUT2D eigenvalue weighted by molar-refractivity contribution is 5.69. The minimum atomic E-state index is -4.10. The number of alkyl halides is 2. The van der Waals surface area contributed by atoms with E-state index in [-0.39, 0.29) is 18.0 Å². The zero-order valence-corrected chi connectivity index (χ0v) is 14.6. The van der Waals surface area contributed by atoms with E-state index >= 15 is 0 Å². The summed E-state index contributed by atoms with van der Waals surface area (Å²) >= 11 is 0. The SMILES string of the molecule is [2H]C(F)(F)Oc1cc(-n2ncc3c2CN(C(=O)OC(C)(C)C)C3)ccc1N. The second-order valence-corrected chi connectivity index (χ2v) is 6.91. The molecule has 2 N–H and O–H groups in total. The van der Waals surface area contributed by atoms with Crippen molar-refractivity contribution >= 4 is 11.8 Å². The molecule has 3 rings (SSSR count). The maximum Gasteiger partial charge on any atom is 0.410 e. The Morgan fingerprint density at radius 2 is 2.12 bits per heavy atom. The summed E-state index contributed by atoms with van der Waals surface area (Å²) in [7, 11) is 0. The highest BCUT2D eigenvalue weighted by atomic mass is 19.3. The Bertz CT molecular complexity index is 874. The van der Waals surface area contributed by atoms with E-state index in [2.05, 4.69) is 9.84 Å². The van der Waals surface area contributed by atoms with Crippen molar-refractivity contribution < 1.29 is 24.4 Å². The highest BCUT2D eigenvalue weighted by Crippen LogP contribution is 2.30. The predicted octanol–water partition coefficient (Wildman–Crippen LogP) is 3.31. The van der Waals surface area contributed by atoms with Crippen LogP contribution in [0, 0.1) is 0 Å². The fraction of sp³-hybridized carbons (Fsp3) is 0.412. The molecule has 1 amide bonds. The zero-order chi connectivity index (χ0) is 20.0. The van der Waals surface area contributed by atoms with E-state index in [1.54, 1.807) is 33.0 Å². The number of anilines is 1. The Hall–Kier alpha value is -2.84. The fourth-order valence-electron chi connectivity index (χ4n) is 2.65. The quantitative estimate of drug-likeness (QED) is 0.842. The number of halogens is 2. The minimum Gasteiger partial charge on any atom is -0.444 e. The summed E-state index contributed by atoms with van der Waals surface area (Å²) in [5.41, 5.74) is 6.99. The van der Waals surface area contributed by atoms with Crippen LogP contribution in [0.15, 0.2) is 24.4 Å². The average molecular weight is 367 g/mol. The van der Waals surface area contributed by atoms with Crippen molar-refractivity contribution in [2.24, 2.45) is 0 Å². The van der Waals surface area contributed by atoms with E-state index < -0.39 is 18.3 Å². The number of hydrogen-bond acceptors (Lipinski definition) is 5. The molecule has 2 aromatic rings. The Balaban J connectivity index is 1.85. The number of nitrogen functional groups attached to an aromatic ring is 1. The van der Waals surface area contributed by atoms with E-state index in [1.165, 1.54) is 21.7 Å². The highest BCUT2D eigenvalue weighted by Gasteiger charge is 2.31. The summed E-state index contributed by atoms with van der Waals surface area (Å²) in [5.74, 6) is -0.321. The summed E-state index contributed by atoms with van der Waals surface area (Å²) < 4.78 is 43.5. The first kappa shape index (κ1) is 16.6. The third kappa shape index (κ3) is 3.71. The lowest BCUT2D eigenvalue weighted by atomic mass is 10.2. The lowest BCUT2D eigenvalue weighted by Crippen LogP contribution is -2.33. The van der Waals surface area contributed by atoms with Crippen LogP contribution in [0.1, 0.15) is 33.4 Å². The number of carbonyl (C=O) groups excluding carboxylic acids is 1. The van der Waals surface area contributed by atoms with Gasteiger partial charge in [0, 0.05) is 11.6 Å². The van der Waals surface area contributed by atoms with Crippen LogP contribution < -0.4 is 10.5 Å². The van der Waals surface area contributed by atoms with E-state index in [0.717, 1.165) is 11.3 Å². The molecule has 0 saturated heterocycles. The van der Waals surface area contributed by atoms with Crippen molar-refractivity contribution in [3.8, 4) is 11.4 Å². The van der Waals surface area contributed by atoms with Gasteiger partial charge < -0.3 is 15.2 Å². The van der Waals surface area contributed by atoms with Gasteiger partial charge in [0.2, 0.25) is 0 Å². The molecule has 0 radical (unpaired) electrons. The lowest BCUT2D eigenvalue weighted by Gasteiger charge is -2.24. The van der Waals surface area contributed by atoms with Crippen LogP contribution >= 0.6 is 0 Å². The maximum atomic E-state index is 12.9. The van der Waals surface area contributed by atoms with Crippen molar-refractivity contribution in [1.29, 1.82) is 0 Å². The van der Waals surface area contributed by atoms with Crippen molar-refractivity contribution in [3.63, 3.8) is 0 Å². The number of nitrogens with zero attached hydrogens (tertiary/aromatic N) is 3. The number of benzene rings is 1. The van der Waals surface area contributed by atoms with Gasteiger partial charge in [-0.3, -0.25) is 4.90 Å². The summed E-state index contributed by atoms with van der Waals surface area (Å²) in [5, 5.41) is 4.25. The number of hydrogen-bond donors (Lipinski definition) is 1. The molecule has 0 fully saturated rings. The topological polar surface area (TPSA) is 82.6 Å². The Morgan fingerprint density at radius 1 is 1.38 bits per heavy atom. The Labute approximate surface area is 150 Å². The van der Waals surface area contributed by atoms with Gasteiger partial charge in [0.15, 0.2) is 7.12 Å². The standard InChI is InChI=1S/C17H20F2N4O3/c1-17(2,3)26-16(24)22-8-10-7-21-23(13(10)9-22)11-4-5-12(20)14(6-11)25-15(18)19/h4-7,15H,8-9,20H2,1-3H3/i15D. The molecule has 0 saturated carbocycles. The maximum absolute atomic E-state index is 12.9. The monoisotopic (exact) mass is 367 g/mol. The molecule has 140 valence electrons. The van der Waals surface area contributed by atoms with E-state index in [1.807, 2.05) is 0 Å². The van der Waals surface area contributed by atoms with Gasteiger partial charge in [-0.25, -0.2) is 9.48 Å². The fourth-order valence-corrected chi connectivity index (χ4v) is 2.65. The van der Waals surface area contributed by atoms with Gasteiger partial charge >= 0.3 is 12.7 Å². The van der Waals surface area contributed by atoms with Gasteiger partial charge in [-0.15, -0.1) is 0 Å². The first-order valence-electron chi connectivity index (χ1n) is 8.43. The molecule has 1 aromatic heterocycles. The van der Waals surface area contributed by atoms with E-state index in [9.17, 15) is 13.6 Å². The molecule has 0 aliphatic carbocycles. The number of rotatable bonds is 3. The molecule has 1 aromatic carbocycles. The van der Waals surface area contributed by atoms with Crippen LogP contribution in [0.3, 0.4) is 0 Å². The third-order valence-corrected chi connectivity index (χ3v) is 3.74. The number of aromatic nitrogens is 2. The number of ether oxygens (including phenoxy) is 2. The summed E-state index contributed by atoms with van der Waals surface area (Å²) in [4.78, 5) is 13.8. The molecule has 2 heterocycles. The molecule has 7 nitrogen and oxygen atoms in total. The molecular formula is C17H20F2N4O3. The van der Waals surface area contributed by atoms with Crippen molar-refractivity contribution in [2.75, 3.05) is 5.73 Å². The molecular weight excluding hydrogens is 346 g/mol. The Morgan fingerprint density at radius 3 is 2.77 bits per heavy atom. The average Bonchev–Trinajstić information content (AvgIpc) is 3.06.